The van der Waals surface area contributed by atoms with Gasteiger partial charge < -0.3 is 9.80 Å². The zero-order valence-electron chi connectivity index (χ0n) is 17.3. The van der Waals surface area contributed by atoms with E-state index >= 15 is 0 Å². The number of carbonyl (C=O) groups excluding carboxylic acids is 1. The summed E-state index contributed by atoms with van der Waals surface area (Å²) in [7, 11) is 7.39. The van der Waals surface area contributed by atoms with Crippen molar-refractivity contribution in [1.82, 2.24) is 14.8 Å². The van der Waals surface area contributed by atoms with Gasteiger partial charge in [-0.2, -0.15) is 0 Å². The number of fused-ring (bicyclic) bond motifs is 1. The number of rotatable bonds is 7. The zero-order valence-corrected chi connectivity index (χ0v) is 21.3. The molecule has 0 spiro atoms. The highest BCUT2D eigenvalue weighted by Crippen LogP contribution is 2.29. The molecule has 0 radical (unpaired) electrons. The number of hydrogen-bond donors (Lipinski definition) is 0. The Balaban J connectivity index is 2.37. The number of nitrogens with zero attached hydrogens (tertiary/aromatic N) is 4. The van der Waals surface area contributed by atoms with Crippen LogP contribution in [0, 0.1) is 16.0 Å². The van der Waals surface area contributed by atoms with E-state index in [2.05, 4.69) is 4.98 Å². The summed E-state index contributed by atoms with van der Waals surface area (Å²) in [6, 6.07) is 5.82. The first-order valence-corrected chi connectivity index (χ1v) is 12.1. The number of Topliss-reactive ketones (excluding diaryl/α,β-unsaturated/α-hetero) is 1. The lowest BCUT2D eigenvalue weighted by Gasteiger charge is -2.20. The molecule has 0 bridgehead atoms. The minimum Gasteiger partial charge on any atom is -0.364 e. The van der Waals surface area contributed by atoms with Gasteiger partial charge in [-0.1, -0.05) is 59.6 Å². The molecule has 0 unspecified atom stereocenters. The second kappa shape index (κ2) is 11.4. The van der Waals surface area contributed by atoms with Crippen molar-refractivity contribution in [2.24, 2.45) is 5.92 Å². The van der Waals surface area contributed by atoms with Crippen LogP contribution in [0.5, 0.6) is 0 Å². The van der Waals surface area contributed by atoms with Gasteiger partial charge >= 0.3 is 0 Å². The van der Waals surface area contributed by atoms with Gasteiger partial charge in [-0.3, -0.25) is 14.9 Å². The highest BCUT2D eigenvalue weighted by molar-refractivity contribution is 8.23. The number of aromatic nitrogens is 1. The smallest absolute Gasteiger partial charge is 0.270 e. The molecule has 0 aliphatic heterocycles. The van der Waals surface area contributed by atoms with Crippen molar-refractivity contribution in [3.8, 4) is 0 Å². The SMILES string of the molecule is CN(C)C(=S)SCC(CSC(=S)N(C)C)C(=O)c1cc2cc([N+](=O)[O-])ccc2nc1Cl. The number of pyridine rings is 1. The molecule has 0 fully saturated rings. The maximum Gasteiger partial charge on any atom is 0.270 e. The summed E-state index contributed by atoms with van der Waals surface area (Å²) in [5, 5.41) is 11.6. The van der Waals surface area contributed by atoms with Crippen LogP contribution in [0.1, 0.15) is 10.4 Å². The van der Waals surface area contributed by atoms with Crippen molar-refractivity contribution in [3.05, 3.63) is 45.1 Å². The molecule has 1 aromatic carbocycles. The third kappa shape index (κ3) is 6.98. The fraction of sp³-hybridized carbons (Fsp3) is 0.368. The molecule has 31 heavy (non-hydrogen) atoms. The van der Waals surface area contributed by atoms with E-state index < -0.39 is 10.8 Å². The number of hydrogen-bond acceptors (Lipinski definition) is 8. The quantitative estimate of drug-likeness (QED) is 0.169. The van der Waals surface area contributed by atoms with E-state index in [9.17, 15) is 14.9 Å². The van der Waals surface area contributed by atoms with E-state index in [0.29, 0.717) is 31.0 Å². The van der Waals surface area contributed by atoms with E-state index in [4.69, 9.17) is 36.0 Å². The van der Waals surface area contributed by atoms with Gasteiger partial charge in [0.15, 0.2) is 5.78 Å². The zero-order chi connectivity index (χ0) is 23.3. The number of halogens is 1. The lowest BCUT2D eigenvalue weighted by atomic mass is 10.0. The molecule has 0 saturated carbocycles. The Morgan fingerprint density at radius 1 is 1.13 bits per heavy atom. The first-order chi connectivity index (χ1) is 14.5. The van der Waals surface area contributed by atoms with Gasteiger partial charge in [-0.25, -0.2) is 4.98 Å². The van der Waals surface area contributed by atoms with E-state index in [1.54, 1.807) is 6.07 Å². The Hall–Kier alpha value is -1.53. The number of nitro groups is 1. The molecule has 7 nitrogen and oxygen atoms in total. The van der Waals surface area contributed by atoms with Crippen LogP contribution >= 0.6 is 59.6 Å². The fourth-order valence-corrected chi connectivity index (χ4v) is 4.99. The number of non-ortho nitro benzene ring substituents is 1. The summed E-state index contributed by atoms with van der Waals surface area (Å²) in [5.74, 6) is 0.264. The maximum absolute atomic E-state index is 13.4. The van der Waals surface area contributed by atoms with Crippen LogP contribution < -0.4 is 0 Å². The van der Waals surface area contributed by atoms with Crippen LogP contribution in [0.15, 0.2) is 24.3 Å². The van der Waals surface area contributed by atoms with Crippen molar-refractivity contribution in [2.45, 2.75) is 0 Å². The van der Waals surface area contributed by atoms with Crippen LogP contribution in [0.25, 0.3) is 10.9 Å². The van der Waals surface area contributed by atoms with E-state index in [1.807, 2.05) is 38.0 Å². The lowest BCUT2D eigenvalue weighted by Crippen LogP contribution is -2.26. The van der Waals surface area contributed by atoms with E-state index in [1.165, 1.54) is 41.7 Å². The number of thioether (sulfide) groups is 2. The summed E-state index contributed by atoms with van der Waals surface area (Å²) in [4.78, 5) is 31.9. The monoisotopic (exact) mass is 516 g/mol. The van der Waals surface area contributed by atoms with Crippen LogP contribution in [0.4, 0.5) is 5.69 Å². The molecule has 0 aliphatic carbocycles. The van der Waals surface area contributed by atoms with Crippen LogP contribution in [0.2, 0.25) is 5.15 Å². The minimum absolute atomic E-state index is 0.0664. The number of benzene rings is 1. The van der Waals surface area contributed by atoms with Crippen LogP contribution in [0.3, 0.4) is 0 Å². The Morgan fingerprint density at radius 2 is 1.68 bits per heavy atom. The average Bonchev–Trinajstić information content (AvgIpc) is 2.71. The van der Waals surface area contributed by atoms with Gasteiger partial charge in [-0.15, -0.1) is 0 Å². The van der Waals surface area contributed by atoms with Crippen molar-refractivity contribution < 1.29 is 9.72 Å². The molecular weight excluding hydrogens is 496 g/mol. The van der Waals surface area contributed by atoms with E-state index in [-0.39, 0.29) is 22.2 Å². The second-order valence-electron chi connectivity index (χ2n) is 6.96. The molecular formula is C19H21ClN4O3S4. The maximum atomic E-state index is 13.4. The molecule has 1 aromatic heterocycles. The van der Waals surface area contributed by atoms with Crippen LogP contribution in [-0.2, 0) is 0 Å². The molecule has 0 aliphatic rings. The normalized spacial score (nSPS) is 10.9. The van der Waals surface area contributed by atoms with Crippen molar-refractivity contribution >= 4 is 90.6 Å². The molecule has 0 amide bonds. The predicted molar refractivity (Wildman–Crippen MR) is 139 cm³/mol. The summed E-state index contributed by atoms with van der Waals surface area (Å²) in [6.07, 6.45) is 0. The molecule has 0 N–H and O–H groups in total. The predicted octanol–water partition coefficient (Wildman–Crippen LogP) is 4.75. The first-order valence-electron chi connectivity index (χ1n) is 8.98. The number of thiocarbonyl (C=S) groups is 2. The summed E-state index contributed by atoms with van der Waals surface area (Å²) in [5.41, 5.74) is 0.632. The topological polar surface area (TPSA) is 79.6 Å². The van der Waals surface area contributed by atoms with Gasteiger partial charge in [0, 0.05) is 63.1 Å². The van der Waals surface area contributed by atoms with Gasteiger partial charge in [0.25, 0.3) is 5.69 Å². The molecule has 0 atom stereocenters. The Kier molecular flexibility index (Phi) is 9.44. The molecule has 2 rings (SSSR count). The fourth-order valence-electron chi connectivity index (χ4n) is 2.45. The number of nitro benzene ring substituents is 1. The molecule has 0 saturated heterocycles. The van der Waals surface area contributed by atoms with Crippen molar-refractivity contribution in [1.29, 1.82) is 0 Å². The standard InChI is InChI=1S/C19H21ClN4O3S4/c1-22(2)18(28)30-9-12(10-31-19(29)23(3)4)16(25)14-8-11-7-13(24(26)27)5-6-15(11)21-17(14)20/h5-8,12H,9-10H2,1-4H3. The number of ketones is 1. The average molecular weight is 517 g/mol. The van der Waals surface area contributed by atoms with Gasteiger partial charge in [0.1, 0.15) is 13.8 Å². The highest BCUT2D eigenvalue weighted by Gasteiger charge is 2.25. The molecule has 2 aromatic rings. The third-order valence-electron chi connectivity index (χ3n) is 4.15. The molecule has 166 valence electrons. The van der Waals surface area contributed by atoms with Gasteiger partial charge in [0.2, 0.25) is 0 Å². The first kappa shape index (κ1) is 25.7. The summed E-state index contributed by atoms with van der Waals surface area (Å²) < 4.78 is 1.33. The second-order valence-corrected chi connectivity index (χ2v) is 10.6. The summed E-state index contributed by atoms with van der Waals surface area (Å²) >= 11 is 19.8. The Bertz CT molecular complexity index is 1010. The number of carbonyl (C=O) groups is 1. The van der Waals surface area contributed by atoms with Crippen molar-refractivity contribution in [3.63, 3.8) is 0 Å². The van der Waals surface area contributed by atoms with Gasteiger partial charge in [-0.05, 0) is 12.1 Å². The van der Waals surface area contributed by atoms with Gasteiger partial charge in [0.05, 0.1) is 16.0 Å². The molecule has 12 heteroatoms. The minimum atomic E-state index is -0.490. The Labute approximate surface area is 205 Å². The van der Waals surface area contributed by atoms with Crippen molar-refractivity contribution in [2.75, 3.05) is 39.7 Å². The Morgan fingerprint density at radius 3 is 2.16 bits per heavy atom. The van der Waals surface area contributed by atoms with Crippen LogP contribution in [-0.4, -0.2) is 73.8 Å². The molecule has 1 heterocycles. The van der Waals surface area contributed by atoms with E-state index in [0.717, 1.165) is 0 Å². The largest absolute Gasteiger partial charge is 0.364 e. The highest BCUT2D eigenvalue weighted by atomic mass is 35.5. The lowest BCUT2D eigenvalue weighted by molar-refractivity contribution is -0.384. The summed E-state index contributed by atoms with van der Waals surface area (Å²) in [6.45, 7) is 0. The third-order valence-corrected chi connectivity index (χ3v) is 8.23.